The predicted molar refractivity (Wildman–Crippen MR) is 65.7 cm³/mol. The van der Waals surface area contributed by atoms with Crippen LogP contribution in [-0.4, -0.2) is 5.88 Å². The predicted octanol–water partition coefficient (Wildman–Crippen LogP) is 4.03. The van der Waals surface area contributed by atoms with Crippen LogP contribution in [0.25, 0.3) is 0 Å². The van der Waals surface area contributed by atoms with Crippen LogP contribution in [0.3, 0.4) is 0 Å². The van der Waals surface area contributed by atoms with Crippen LogP contribution in [0.1, 0.15) is 0 Å². The second kappa shape index (κ2) is 3.83. The van der Waals surface area contributed by atoms with Crippen LogP contribution in [-0.2, 0) is 0 Å². The average Bonchev–Trinajstić information content (AvgIpc) is 2.74. The van der Waals surface area contributed by atoms with Crippen LogP contribution in [0.5, 0.6) is 0 Å². The van der Waals surface area contributed by atoms with Crippen molar-refractivity contribution < 1.29 is 4.39 Å². The molecule has 2 aromatic rings. The van der Waals surface area contributed by atoms with Gasteiger partial charge in [-0.15, -0.1) is 11.8 Å². The van der Waals surface area contributed by atoms with Gasteiger partial charge in [0, 0.05) is 4.90 Å². The number of nitrogens with zero attached hydrogens (tertiary/aromatic N) is 1. The van der Waals surface area contributed by atoms with Gasteiger partial charge in [0.25, 0.3) is 0 Å². The van der Waals surface area contributed by atoms with E-state index in [1.54, 1.807) is 17.8 Å². The number of anilines is 2. The van der Waals surface area contributed by atoms with Crippen LogP contribution in [0.15, 0.2) is 53.4 Å². The van der Waals surface area contributed by atoms with E-state index in [1.807, 2.05) is 35.2 Å². The molecule has 2 aromatic carbocycles. The lowest BCUT2D eigenvalue weighted by Crippen LogP contribution is -2.12. The van der Waals surface area contributed by atoms with Crippen molar-refractivity contribution in [3.63, 3.8) is 0 Å². The summed E-state index contributed by atoms with van der Waals surface area (Å²) in [5.74, 6) is 0.611. The SMILES string of the molecule is Fc1ccccc1N1CSc2ccccc21. The van der Waals surface area contributed by atoms with Gasteiger partial charge in [0.2, 0.25) is 0 Å². The first-order chi connectivity index (χ1) is 7.86. The Labute approximate surface area is 97.9 Å². The van der Waals surface area contributed by atoms with Crippen molar-refractivity contribution >= 4 is 23.1 Å². The van der Waals surface area contributed by atoms with Crippen molar-refractivity contribution in [1.82, 2.24) is 0 Å². The summed E-state index contributed by atoms with van der Waals surface area (Å²) in [6.45, 7) is 0. The van der Waals surface area contributed by atoms with Crippen molar-refractivity contribution in [3.8, 4) is 0 Å². The third kappa shape index (κ3) is 1.48. The smallest absolute Gasteiger partial charge is 0.146 e. The van der Waals surface area contributed by atoms with E-state index in [9.17, 15) is 4.39 Å². The minimum atomic E-state index is -0.167. The standard InChI is InChI=1S/C13H10FNS/c14-10-5-1-2-6-11(10)15-9-16-13-8-4-3-7-12(13)15/h1-8H,9H2. The number of rotatable bonds is 1. The molecule has 1 aliphatic rings. The van der Waals surface area contributed by atoms with Gasteiger partial charge in [-0.05, 0) is 24.3 Å². The second-order valence-electron chi connectivity index (χ2n) is 3.62. The van der Waals surface area contributed by atoms with Gasteiger partial charge in [-0.2, -0.15) is 0 Å². The molecule has 0 radical (unpaired) electrons. The quantitative estimate of drug-likeness (QED) is 0.729. The molecular weight excluding hydrogens is 221 g/mol. The molecule has 3 heteroatoms. The molecule has 0 fully saturated rings. The van der Waals surface area contributed by atoms with Gasteiger partial charge in [-0.1, -0.05) is 24.3 Å². The highest BCUT2D eigenvalue weighted by Crippen LogP contribution is 2.42. The lowest BCUT2D eigenvalue weighted by molar-refractivity contribution is 0.627. The van der Waals surface area contributed by atoms with Crippen molar-refractivity contribution in [1.29, 1.82) is 0 Å². The normalized spacial score (nSPS) is 13.9. The highest BCUT2D eigenvalue weighted by molar-refractivity contribution is 7.99. The molecule has 0 bridgehead atoms. The van der Waals surface area contributed by atoms with Gasteiger partial charge in [0.15, 0.2) is 0 Å². The molecule has 0 unspecified atom stereocenters. The molecule has 1 heterocycles. The summed E-state index contributed by atoms with van der Waals surface area (Å²) in [5, 5.41) is 0. The van der Waals surface area contributed by atoms with E-state index in [2.05, 4.69) is 6.07 Å². The number of halogens is 1. The highest BCUT2D eigenvalue weighted by atomic mass is 32.2. The summed E-state index contributed by atoms with van der Waals surface area (Å²) in [4.78, 5) is 3.22. The van der Waals surface area contributed by atoms with Gasteiger partial charge in [0.05, 0.1) is 17.3 Å². The Hall–Kier alpha value is -1.48. The van der Waals surface area contributed by atoms with E-state index in [1.165, 1.54) is 11.0 Å². The largest absolute Gasteiger partial charge is 0.328 e. The topological polar surface area (TPSA) is 3.24 Å². The molecule has 0 amide bonds. The molecular formula is C13H10FNS. The van der Waals surface area contributed by atoms with Crippen LogP contribution < -0.4 is 4.90 Å². The van der Waals surface area contributed by atoms with E-state index in [4.69, 9.17) is 0 Å². The lowest BCUT2D eigenvalue weighted by atomic mass is 10.2. The number of benzene rings is 2. The Kier molecular flexibility index (Phi) is 2.33. The van der Waals surface area contributed by atoms with Gasteiger partial charge in [-0.25, -0.2) is 4.39 Å². The molecule has 1 aliphatic heterocycles. The Morgan fingerprint density at radius 1 is 0.938 bits per heavy atom. The maximum atomic E-state index is 13.7. The molecule has 80 valence electrons. The summed E-state index contributed by atoms with van der Waals surface area (Å²) >= 11 is 1.74. The van der Waals surface area contributed by atoms with Crippen molar-refractivity contribution in [2.45, 2.75) is 4.90 Å². The zero-order chi connectivity index (χ0) is 11.0. The van der Waals surface area contributed by atoms with Crippen LogP contribution >= 0.6 is 11.8 Å². The van der Waals surface area contributed by atoms with Crippen LogP contribution in [0.4, 0.5) is 15.8 Å². The van der Waals surface area contributed by atoms with Gasteiger partial charge in [-0.3, -0.25) is 0 Å². The van der Waals surface area contributed by atoms with Crippen molar-refractivity contribution in [2.75, 3.05) is 10.8 Å². The maximum Gasteiger partial charge on any atom is 0.146 e. The molecule has 16 heavy (non-hydrogen) atoms. The Morgan fingerprint density at radius 2 is 1.62 bits per heavy atom. The van der Waals surface area contributed by atoms with Gasteiger partial charge < -0.3 is 4.90 Å². The molecule has 0 aliphatic carbocycles. The molecule has 3 rings (SSSR count). The zero-order valence-corrected chi connectivity index (χ0v) is 9.38. The van der Waals surface area contributed by atoms with E-state index >= 15 is 0 Å². The van der Waals surface area contributed by atoms with E-state index < -0.39 is 0 Å². The first-order valence-electron chi connectivity index (χ1n) is 5.10. The fourth-order valence-electron chi connectivity index (χ4n) is 1.88. The molecule has 0 aromatic heterocycles. The number of para-hydroxylation sites is 2. The van der Waals surface area contributed by atoms with Crippen LogP contribution in [0, 0.1) is 5.82 Å². The molecule has 0 saturated carbocycles. The number of hydrogen-bond acceptors (Lipinski definition) is 2. The van der Waals surface area contributed by atoms with Gasteiger partial charge >= 0.3 is 0 Å². The molecule has 1 nitrogen and oxygen atoms in total. The summed E-state index contributed by atoms with van der Waals surface area (Å²) in [6.07, 6.45) is 0. The maximum absolute atomic E-state index is 13.7. The summed E-state index contributed by atoms with van der Waals surface area (Å²) < 4.78 is 13.7. The zero-order valence-electron chi connectivity index (χ0n) is 8.56. The molecule has 0 saturated heterocycles. The third-order valence-electron chi connectivity index (χ3n) is 2.65. The van der Waals surface area contributed by atoms with E-state index in [0.717, 1.165) is 11.6 Å². The Bertz CT molecular complexity index is 527. The highest BCUT2D eigenvalue weighted by Gasteiger charge is 2.22. The number of hydrogen-bond donors (Lipinski definition) is 0. The van der Waals surface area contributed by atoms with E-state index in [-0.39, 0.29) is 5.82 Å². The van der Waals surface area contributed by atoms with Gasteiger partial charge in [0.1, 0.15) is 5.82 Å². The fraction of sp³-hybridized carbons (Fsp3) is 0.0769. The first kappa shape index (κ1) is 9.73. The summed E-state index contributed by atoms with van der Waals surface area (Å²) in [7, 11) is 0. The number of fused-ring (bicyclic) bond motifs is 1. The fourth-order valence-corrected chi connectivity index (χ4v) is 2.92. The molecule has 0 atom stereocenters. The Morgan fingerprint density at radius 3 is 2.44 bits per heavy atom. The molecule has 0 spiro atoms. The monoisotopic (exact) mass is 231 g/mol. The average molecular weight is 231 g/mol. The Balaban J connectivity index is 2.08. The second-order valence-corrected chi connectivity index (χ2v) is 4.61. The van der Waals surface area contributed by atoms with Crippen molar-refractivity contribution in [3.05, 3.63) is 54.3 Å². The van der Waals surface area contributed by atoms with Crippen LogP contribution in [0.2, 0.25) is 0 Å². The lowest BCUT2D eigenvalue weighted by Gasteiger charge is -2.18. The summed E-state index contributed by atoms with van der Waals surface area (Å²) in [6, 6.07) is 15.0. The summed E-state index contributed by atoms with van der Waals surface area (Å²) in [5.41, 5.74) is 1.75. The first-order valence-corrected chi connectivity index (χ1v) is 6.09. The van der Waals surface area contributed by atoms with Crippen molar-refractivity contribution in [2.24, 2.45) is 0 Å². The van der Waals surface area contributed by atoms with E-state index in [0.29, 0.717) is 5.69 Å². The minimum absolute atomic E-state index is 0.167. The molecule has 0 N–H and O–H groups in total. The number of thioether (sulfide) groups is 1. The third-order valence-corrected chi connectivity index (χ3v) is 3.69. The minimum Gasteiger partial charge on any atom is -0.328 e.